The zero-order valence-corrected chi connectivity index (χ0v) is 11.9. The Kier molecular flexibility index (Phi) is 2.39. The monoisotopic (exact) mass is 295 g/mol. The smallest absolute Gasteiger partial charge is 0.263 e. The normalized spacial score (nSPS) is 12.6. The third kappa shape index (κ3) is 1.49. The lowest BCUT2D eigenvalue weighted by Gasteiger charge is -2.10. The maximum Gasteiger partial charge on any atom is 0.263 e. The van der Waals surface area contributed by atoms with E-state index in [4.69, 9.17) is 11.6 Å². The number of pyridine rings is 1. The highest BCUT2D eigenvalue weighted by molar-refractivity contribution is 6.35. The van der Waals surface area contributed by atoms with E-state index in [2.05, 4.69) is 0 Å². The van der Waals surface area contributed by atoms with Gasteiger partial charge in [0, 0.05) is 16.5 Å². The van der Waals surface area contributed by atoms with Gasteiger partial charge in [-0.05, 0) is 25.1 Å². The predicted molar refractivity (Wildman–Crippen MR) is 83.1 cm³/mol. The van der Waals surface area contributed by atoms with Gasteiger partial charge in [0.25, 0.3) is 5.91 Å². The van der Waals surface area contributed by atoms with E-state index in [9.17, 15) is 9.59 Å². The first kappa shape index (κ1) is 12.4. The number of hydrogen-bond acceptors (Lipinski definition) is 2. The van der Waals surface area contributed by atoms with Gasteiger partial charge in [0.05, 0.1) is 11.2 Å². The van der Waals surface area contributed by atoms with Crippen LogP contribution in [0.3, 0.4) is 0 Å². The van der Waals surface area contributed by atoms with Crippen molar-refractivity contribution in [2.24, 2.45) is 0 Å². The van der Waals surface area contributed by atoms with E-state index >= 15 is 0 Å². The molecule has 1 aliphatic heterocycles. The first-order valence-corrected chi connectivity index (χ1v) is 6.96. The molecule has 0 saturated carbocycles. The van der Waals surface area contributed by atoms with Crippen LogP contribution in [0.4, 0.5) is 0 Å². The zero-order valence-electron chi connectivity index (χ0n) is 11.2. The standard InChI is InChI=1S/C17H10ClNO2/c1-9-6-7-13-12(8-9)16(20)14(18)15-10-4-2-3-5-11(10)17(21)19(13)15/h2-8H,1H3. The van der Waals surface area contributed by atoms with Crippen LogP contribution in [-0.4, -0.2) is 10.5 Å². The summed E-state index contributed by atoms with van der Waals surface area (Å²) in [6, 6.07) is 12.7. The summed E-state index contributed by atoms with van der Waals surface area (Å²) in [5.74, 6) is -0.142. The van der Waals surface area contributed by atoms with E-state index in [0.717, 1.165) is 5.56 Å². The van der Waals surface area contributed by atoms with E-state index in [-0.39, 0.29) is 16.4 Å². The van der Waals surface area contributed by atoms with E-state index in [0.29, 0.717) is 27.7 Å². The molecule has 0 amide bonds. The number of aryl methyl sites for hydroxylation is 1. The van der Waals surface area contributed by atoms with E-state index in [1.54, 1.807) is 22.8 Å². The summed E-state index contributed by atoms with van der Waals surface area (Å²) in [5.41, 5.74) is 3.12. The number of carbonyl (C=O) groups excluding carboxylic acids is 1. The van der Waals surface area contributed by atoms with Gasteiger partial charge >= 0.3 is 0 Å². The summed E-state index contributed by atoms with van der Waals surface area (Å²) in [5, 5.41) is 0.580. The average molecular weight is 296 g/mol. The molecule has 0 fully saturated rings. The highest BCUT2D eigenvalue weighted by atomic mass is 35.5. The molecule has 0 unspecified atom stereocenters. The number of benzene rings is 2. The summed E-state index contributed by atoms with van der Waals surface area (Å²) in [4.78, 5) is 25.2. The summed E-state index contributed by atoms with van der Waals surface area (Å²) >= 11 is 6.28. The fourth-order valence-corrected chi connectivity index (χ4v) is 3.21. The molecule has 2 heterocycles. The molecule has 0 aliphatic carbocycles. The zero-order chi connectivity index (χ0) is 14.7. The van der Waals surface area contributed by atoms with Crippen molar-refractivity contribution in [2.45, 2.75) is 6.92 Å². The molecule has 3 nitrogen and oxygen atoms in total. The SMILES string of the molecule is Cc1ccc2c(c1)c(=O)c(Cl)c1n2C(=O)c2ccccc2-1. The Morgan fingerprint density at radius 2 is 1.71 bits per heavy atom. The predicted octanol–water partition coefficient (Wildman–Crippen LogP) is 3.63. The van der Waals surface area contributed by atoms with Crippen molar-refractivity contribution in [1.82, 2.24) is 4.57 Å². The molecule has 0 spiro atoms. The van der Waals surface area contributed by atoms with Crippen molar-refractivity contribution in [3.8, 4) is 11.3 Å². The van der Waals surface area contributed by atoms with Crippen LogP contribution in [0.25, 0.3) is 22.2 Å². The van der Waals surface area contributed by atoms with Crippen LogP contribution in [0.1, 0.15) is 15.9 Å². The van der Waals surface area contributed by atoms with Crippen LogP contribution in [-0.2, 0) is 0 Å². The molecule has 102 valence electrons. The number of carbonyl (C=O) groups is 1. The molecule has 4 rings (SSSR count). The Labute approximate surface area is 125 Å². The van der Waals surface area contributed by atoms with Crippen molar-refractivity contribution in [1.29, 1.82) is 0 Å². The van der Waals surface area contributed by atoms with Crippen LogP contribution >= 0.6 is 11.6 Å². The second-order valence-electron chi connectivity index (χ2n) is 5.20. The first-order chi connectivity index (χ1) is 10.1. The largest absolute Gasteiger partial charge is 0.287 e. The average Bonchev–Trinajstić information content (AvgIpc) is 2.79. The quantitative estimate of drug-likeness (QED) is 0.497. The minimum Gasteiger partial charge on any atom is -0.287 e. The van der Waals surface area contributed by atoms with Crippen LogP contribution in [0, 0.1) is 6.92 Å². The molecular weight excluding hydrogens is 286 g/mol. The third-order valence-corrected chi connectivity index (χ3v) is 4.23. The Bertz CT molecular complexity index is 1000. The second-order valence-corrected chi connectivity index (χ2v) is 5.58. The number of hydrogen-bond donors (Lipinski definition) is 0. The van der Waals surface area contributed by atoms with Gasteiger partial charge in [-0.1, -0.05) is 41.4 Å². The highest BCUT2D eigenvalue weighted by Crippen LogP contribution is 2.37. The minimum atomic E-state index is -0.230. The molecule has 4 heteroatoms. The number of rotatable bonds is 0. The van der Waals surface area contributed by atoms with Crippen LogP contribution in [0.5, 0.6) is 0 Å². The molecule has 1 aliphatic rings. The molecular formula is C17H10ClNO2. The Morgan fingerprint density at radius 3 is 2.48 bits per heavy atom. The maximum absolute atomic E-state index is 12.7. The third-order valence-electron chi connectivity index (χ3n) is 3.88. The highest BCUT2D eigenvalue weighted by Gasteiger charge is 2.30. The molecule has 0 N–H and O–H groups in total. The van der Waals surface area contributed by atoms with Crippen molar-refractivity contribution in [3.05, 3.63) is 68.8 Å². The van der Waals surface area contributed by atoms with Gasteiger partial charge < -0.3 is 0 Å². The lowest BCUT2D eigenvalue weighted by molar-refractivity contribution is 0.0973. The number of halogens is 1. The molecule has 3 aromatic rings. The fourth-order valence-electron chi connectivity index (χ4n) is 2.92. The van der Waals surface area contributed by atoms with Crippen molar-refractivity contribution >= 4 is 28.4 Å². The maximum atomic E-state index is 12.7. The lowest BCUT2D eigenvalue weighted by Crippen LogP contribution is -2.15. The number of fused-ring (bicyclic) bond motifs is 5. The Morgan fingerprint density at radius 1 is 1.00 bits per heavy atom. The van der Waals surface area contributed by atoms with Crippen LogP contribution < -0.4 is 5.43 Å². The molecule has 2 aromatic carbocycles. The van der Waals surface area contributed by atoms with Gasteiger partial charge in [-0.15, -0.1) is 0 Å². The molecule has 0 radical (unpaired) electrons. The summed E-state index contributed by atoms with van der Waals surface area (Å²) in [7, 11) is 0. The topological polar surface area (TPSA) is 39.1 Å². The fraction of sp³-hybridized carbons (Fsp3) is 0.0588. The molecule has 0 bridgehead atoms. The minimum absolute atomic E-state index is 0.103. The second kappa shape index (κ2) is 4.06. The van der Waals surface area contributed by atoms with E-state index in [1.807, 2.05) is 31.2 Å². The molecule has 21 heavy (non-hydrogen) atoms. The Hall–Kier alpha value is -2.39. The van der Waals surface area contributed by atoms with Gasteiger partial charge in [0.15, 0.2) is 0 Å². The molecule has 0 atom stereocenters. The van der Waals surface area contributed by atoms with Crippen LogP contribution in [0.15, 0.2) is 47.3 Å². The van der Waals surface area contributed by atoms with Crippen molar-refractivity contribution in [2.75, 3.05) is 0 Å². The molecule has 0 saturated heterocycles. The number of nitrogens with zero attached hydrogens (tertiary/aromatic N) is 1. The van der Waals surface area contributed by atoms with Gasteiger partial charge in [0.2, 0.25) is 5.43 Å². The van der Waals surface area contributed by atoms with E-state index in [1.165, 1.54) is 0 Å². The van der Waals surface area contributed by atoms with Crippen LogP contribution in [0.2, 0.25) is 5.02 Å². The Balaban J connectivity index is 2.28. The van der Waals surface area contributed by atoms with Gasteiger partial charge in [-0.3, -0.25) is 14.2 Å². The lowest BCUT2D eigenvalue weighted by atomic mass is 10.1. The summed E-state index contributed by atoms with van der Waals surface area (Å²) in [6.07, 6.45) is 0. The van der Waals surface area contributed by atoms with Crippen molar-refractivity contribution < 1.29 is 4.79 Å². The summed E-state index contributed by atoms with van der Waals surface area (Å²) < 4.78 is 1.54. The summed E-state index contributed by atoms with van der Waals surface area (Å²) in [6.45, 7) is 1.90. The van der Waals surface area contributed by atoms with Gasteiger partial charge in [-0.25, -0.2) is 0 Å². The first-order valence-electron chi connectivity index (χ1n) is 6.58. The van der Waals surface area contributed by atoms with Gasteiger partial charge in [0.1, 0.15) is 5.02 Å². The van der Waals surface area contributed by atoms with Crippen molar-refractivity contribution in [3.63, 3.8) is 0 Å². The van der Waals surface area contributed by atoms with Gasteiger partial charge in [-0.2, -0.15) is 0 Å². The number of aromatic nitrogens is 1. The molecule has 1 aromatic heterocycles. The van der Waals surface area contributed by atoms with E-state index < -0.39 is 0 Å².